The molecule has 0 aliphatic rings. The zero-order chi connectivity index (χ0) is 20.1. The van der Waals surface area contributed by atoms with Crippen molar-refractivity contribution in [3.05, 3.63) is 64.7 Å². The van der Waals surface area contributed by atoms with Crippen LogP contribution >= 0.6 is 11.3 Å². The van der Waals surface area contributed by atoms with E-state index in [1.165, 1.54) is 11.3 Å². The summed E-state index contributed by atoms with van der Waals surface area (Å²) in [6.07, 6.45) is 1.62. The molecule has 1 heterocycles. The highest BCUT2D eigenvalue weighted by atomic mass is 32.1. The number of rotatable bonds is 6. The number of anilines is 2. The number of ether oxygens (including phenoxy) is 2. The molecule has 0 bridgehead atoms. The molecule has 7 nitrogen and oxygen atoms in total. The molecule has 2 N–H and O–H groups in total. The fourth-order valence-corrected chi connectivity index (χ4v) is 3.10. The Labute approximate surface area is 166 Å². The first-order chi connectivity index (χ1) is 13.5. The third kappa shape index (κ3) is 4.29. The van der Waals surface area contributed by atoms with Crippen LogP contribution in [0.3, 0.4) is 0 Å². The van der Waals surface area contributed by atoms with Crippen LogP contribution in [0.5, 0.6) is 11.5 Å². The lowest BCUT2D eigenvalue weighted by Gasteiger charge is -2.13. The molecule has 3 aromatic rings. The lowest BCUT2D eigenvalue weighted by Crippen LogP contribution is -2.14. The molecule has 0 unspecified atom stereocenters. The van der Waals surface area contributed by atoms with Crippen LogP contribution in [0.4, 0.5) is 10.8 Å². The summed E-state index contributed by atoms with van der Waals surface area (Å²) in [6.45, 7) is 1.86. The molecule has 28 heavy (non-hydrogen) atoms. The number of hydrogen-bond donors (Lipinski definition) is 2. The molecule has 8 heteroatoms. The first kappa shape index (κ1) is 19.4. The average molecular weight is 397 g/mol. The van der Waals surface area contributed by atoms with Gasteiger partial charge in [0, 0.05) is 34.0 Å². The van der Waals surface area contributed by atoms with Crippen LogP contribution in [0, 0.1) is 6.92 Å². The van der Waals surface area contributed by atoms with Crippen LogP contribution in [0.25, 0.3) is 0 Å². The highest BCUT2D eigenvalue weighted by Gasteiger charge is 2.14. The van der Waals surface area contributed by atoms with Crippen LogP contribution in [0.1, 0.15) is 26.3 Å². The first-order valence-corrected chi connectivity index (χ1v) is 9.24. The van der Waals surface area contributed by atoms with Crippen LogP contribution in [-0.2, 0) is 0 Å². The Morgan fingerprint density at radius 2 is 1.54 bits per heavy atom. The molecule has 2 aromatic carbocycles. The van der Waals surface area contributed by atoms with E-state index >= 15 is 0 Å². The van der Waals surface area contributed by atoms with Gasteiger partial charge in [-0.05, 0) is 43.3 Å². The molecule has 1 aromatic heterocycles. The minimum Gasteiger partial charge on any atom is -0.496 e. The molecular weight excluding hydrogens is 378 g/mol. The minimum absolute atomic E-state index is 0.263. The van der Waals surface area contributed by atoms with Gasteiger partial charge in [-0.2, -0.15) is 0 Å². The summed E-state index contributed by atoms with van der Waals surface area (Å²) in [5.41, 5.74) is 2.25. The van der Waals surface area contributed by atoms with Crippen molar-refractivity contribution in [2.24, 2.45) is 0 Å². The van der Waals surface area contributed by atoms with Crippen molar-refractivity contribution in [1.82, 2.24) is 4.98 Å². The third-order valence-electron chi connectivity index (χ3n) is 4.07. The molecule has 0 saturated heterocycles. The summed E-state index contributed by atoms with van der Waals surface area (Å²) in [4.78, 5) is 28.8. The fourth-order valence-electron chi connectivity index (χ4n) is 2.58. The second kappa shape index (κ2) is 8.53. The van der Waals surface area contributed by atoms with Gasteiger partial charge in [0.2, 0.25) is 0 Å². The molecule has 0 radical (unpaired) electrons. The highest BCUT2D eigenvalue weighted by molar-refractivity contribution is 7.13. The van der Waals surface area contributed by atoms with Crippen LogP contribution in [0.2, 0.25) is 0 Å². The lowest BCUT2D eigenvalue weighted by atomic mass is 10.1. The Morgan fingerprint density at radius 1 is 0.929 bits per heavy atom. The molecule has 0 aliphatic carbocycles. The number of nitrogens with one attached hydrogen (secondary N) is 2. The molecule has 0 spiro atoms. The summed E-state index contributed by atoms with van der Waals surface area (Å²) in [5, 5.41) is 7.82. The van der Waals surface area contributed by atoms with Gasteiger partial charge in [-0.15, -0.1) is 11.3 Å². The van der Waals surface area contributed by atoms with Gasteiger partial charge >= 0.3 is 0 Å². The largest absolute Gasteiger partial charge is 0.496 e. The number of carbonyl (C=O) groups is 2. The first-order valence-electron chi connectivity index (χ1n) is 8.36. The number of methoxy groups -OCH3 is 2. The van der Waals surface area contributed by atoms with Crippen LogP contribution in [0.15, 0.2) is 48.0 Å². The number of aromatic nitrogens is 1. The van der Waals surface area contributed by atoms with Crippen molar-refractivity contribution in [3.63, 3.8) is 0 Å². The minimum atomic E-state index is -0.309. The molecule has 0 aliphatic heterocycles. The topological polar surface area (TPSA) is 89.5 Å². The van der Waals surface area contributed by atoms with E-state index in [1.807, 2.05) is 6.92 Å². The Balaban J connectivity index is 1.72. The molecule has 2 amide bonds. The van der Waals surface area contributed by atoms with Gasteiger partial charge in [0.05, 0.1) is 14.2 Å². The smallest absolute Gasteiger partial charge is 0.257 e. The van der Waals surface area contributed by atoms with Gasteiger partial charge in [-0.25, -0.2) is 4.98 Å². The van der Waals surface area contributed by atoms with E-state index in [1.54, 1.807) is 62.2 Å². The van der Waals surface area contributed by atoms with E-state index in [9.17, 15) is 9.59 Å². The summed E-state index contributed by atoms with van der Waals surface area (Å²) < 4.78 is 10.6. The number of nitrogens with zero attached hydrogens (tertiary/aromatic N) is 1. The summed E-state index contributed by atoms with van der Waals surface area (Å²) >= 11 is 1.34. The monoisotopic (exact) mass is 397 g/mol. The summed E-state index contributed by atoms with van der Waals surface area (Å²) in [6, 6.07) is 9.91. The fraction of sp³-hybridized carbons (Fsp3) is 0.150. The Kier molecular flexibility index (Phi) is 5.90. The second-order valence-electron chi connectivity index (χ2n) is 5.83. The van der Waals surface area contributed by atoms with Gasteiger partial charge in [0.1, 0.15) is 11.5 Å². The maximum Gasteiger partial charge on any atom is 0.257 e. The number of carbonyl (C=O) groups excluding carboxylic acids is 2. The molecule has 0 fully saturated rings. The number of benzene rings is 2. The lowest BCUT2D eigenvalue weighted by molar-refractivity contribution is 0.101. The number of hydrogen-bond acceptors (Lipinski definition) is 6. The van der Waals surface area contributed by atoms with Gasteiger partial charge in [0.15, 0.2) is 5.13 Å². The Morgan fingerprint density at radius 3 is 2.07 bits per heavy atom. The Hall–Kier alpha value is -3.39. The average Bonchev–Trinajstić information content (AvgIpc) is 3.21. The van der Waals surface area contributed by atoms with E-state index in [4.69, 9.17) is 9.47 Å². The maximum atomic E-state index is 12.6. The van der Waals surface area contributed by atoms with Crippen LogP contribution < -0.4 is 20.1 Å². The zero-order valence-electron chi connectivity index (χ0n) is 15.6. The van der Waals surface area contributed by atoms with Gasteiger partial charge in [-0.3, -0.25) is 14.9 Å². The number of amides is 2. The van der Waals surface area contributed by atoms with Crippen molar-refractivity contribution in [3.8, 4) is 11.5 Å². The Bertz CT molecular complexity index is 960. The standard InChI is InChI=1S/C20H19N3O4S/c1-12-16(26-2)10-14(11-17(12)27-3)19(25)22-15-6-4-13(5-7-15)18(24)23-20-21-8-9-28-20/h4-11H,1-3H3,(H,22,25)(H,21,23,24). The normalized spacial score (nSPS) is 10.2. The predicted octanol–water partition coefficient (Wildman–Crippen LogP) is 3.97. The van der Waals surface area contributed by atoms with Gasteiger partial charge in [-0.1, -0.05) is 0 Å². The third-order valence-corrected chi connectivity index (χ3v) is 4.76. The van der Waals surface area contributed by atoms with Crippen LogP contribution in [-0.4, -0.2) is 31.0 Å². The highest BCUT2D eigenvalue weighted by Crippen LogP contribution is 2.29. The summed E-state index contributed by atoms with van der Waals surface area (Å²) in [7, 11) is 3.08. The number of thiazole rings is 1. The van der Waals surface area contributed by atoms with Crippen molar-refractivity contribution < 1.29 is 19.1 Å². The second-order valence-corrected chi connectivity index (χ2v) is 6.72. The van der Waals surface area contributed by atoms with Crippen molar-refractivity contribution in [1.29, 1.82) is 0 Å². The molecule has 144 valence electrons. The molecule has 0 saturated carbocycles. The quantitative estimate of drug-likeness (QED) is 0.657. The van der Waals surface area contributed by atoms with E-state index in [0.717, 1.165) is 5.56 Å². The van der Waals surface area contributed by atoms with Crippen molar-refractivity contribution >= 4 is 34.0 Å². The van der Waals surface area contributed by atoms with Crippen molar-refractivity contribution in [2.45, 2.75) is 6.92 Å². The van der Waals surface area contributed by atoms with E-state index in [-0.39, 0.29) is 11.8 Å². The SMILES string of the molecule is COc1cc(C(=O)Nc2ccc(C(=O)Nc3nccs3)cc2)cc(OC)c1C. The zero-order valence-corrected chi connectivity index (χ0v) is 16.4. The predicted molar refractivity (Wildman–Crippen MR) is 109 cm³/mol. The van der Waals surface area contributed by atoms with E-state index in [0.29, 0.717) is 33.4 Å². The van der Waals surface area contributed by atoms with Crippen molar-refractivity contribution in [2.75, 3.05) is 24.9 Å². The van der Waals surface area contributed by atoms with Gasteiger partial charge < -0.3 is 14.8 Å². The summed E-state index contributed by atoms with van der Waals surface area (Å²) in [5.74, 6) is 0.565. The van der Waals surface area contributed by atoms with E-state index in [2.05, 4.69) is 15.6 Å². The van der Waals surface area contributed by atoms with Gasteiger partial charge in [0.25, 0.3) is 11.8 Å². The molecule has 0 atom stereocenters. The molecule has 3 rings (SSSR count). The maximum absolute atomic E-state index is 12.6. The molecular formula is C20H19N3O4S. The van der Waals surface area contributed by atoms with E-state index < -0.39 is 0 Å².